The molecule has 0 atom stereocenters. The third kappa shape index (κ3) is 2.63. The van der Waals surface area contributed by atoms with Gasteiger partial charge in [0.05, 0.1) is 7.11 Å². The number of nitrogens with zero attached hydrogens (tertiary/aromatic N) is 2. The van der Waals surface area contributed by atoms with Crippen LogP contribution in [0.1, 0.15) is 15.9 Å². The molecule has 0 N–H and O–H groups in total. The molecule has 0 aliphatic rings. The van der Waals surface area contributed by atoms with Crippen LogP contribution in [0.2, 0.25) is 0 Å². The molecule has 2 aromatic heterocycles. The predicted molar refractivity (Wildman–Crippen MR) is 87.1 cm³/mol. The highest BCUT2D eigenvalue weighted by atomic mass is 16.5. The first-order valence-electron chi connectivity index (χ1n) is 6.94. The first kappa shape index (κ1) is 14.1. The molecular weight excluding hydrogens is 276 g/mol. The molecule has 22 heavy (non-hydrogen) atoms. The van der Waals surface area contributed by atoms with Crippen molar-refractivity contribution in [2.45, 2.75) is 0 Å². The summed E-state index contributed by atoms with van der Waals surface area (Å²) in [5.74, 6) is 0.760. The summed E-state index contributed by atoms with van der Waals surface area (Å²) in [6.07, 6.45) is 8.66. The number of rotatable bonds is 4. The Labute approximate surface area is 128 Å². The van der Waals surface area contributed by atoms with Crippen molar-refractivity contribution in [1.82, 2.24) is 9.55 Å². The number of methoxy groups -OCH3 is 1. The maximum Gasteiger partial charge on any atom is 0.185 e. The minimum absolute atomic E-state index is 0.0395. The van der Waals surface area contributed by atoms with Gasteiger partial charge < -0.3 is 9.30 Å². The molecule has 0 bridgehead atoms. The lowest BCUT2D eigenvalue weighted by molar-refractivity contribution is 0.104. The van der Waals surface area contributed by atoms with Crippen LogP contribution in [0.3, 0.4) is 0 Å². The molecule has 0 spiro atoms. The van der Waals surface area contributed by atoms with Gasteiger partial charge in [0.2, 0.25) is 0 Å². The molecular formula is C18H16N2O2. The Morgan fingerprint density at radius 2 is 2.00 bits per heavy atom. The largest absolute Gasteiger partial charge is 0.497 e. The van der Waals surface area contributed by atoms with E-state index < -0.39 is 0 Å². The van der Waals surface area contributed by atoms with Gasteiger partial charge in [0, 0.05) is 47.7 Å². The van der Waals surface area contributed by atoms with Gasteiger partial charge in [0.15, 0.2) is 5.78 Å². The Morgan fingerprint density at radius 1 is 1.23 bits per heavy atom. The van der Waals surface area contributed by atoms with Crippen LogP contribution in [0.15, 0.2) is 55.0 Å². The fourth-order valence-corrected chi connectivity index (χ4v) is 2.44. The second kappa shape index (κ2) is 5.85. The number of ketones is 1. The van der Waals surface area contributed by atoms with E-state index in [1.165, 1.54) is 0 Å². The molecule has 1 aromatic carbocycles. The van der Waals surface area contributed by atoms with Gasteiger partial charge in [-0.1, -0.05) is 0 Å². The molecule has 0 unspecified atom stereocenters. The van der Waals surface area contributed by atoms with Crippen molar-refractivity contribution >= 4 is 22.8 Å². The van der Waals surface area contributed by atoms with E-state index in [1.54, 1.807) is 37.7 Å². The molecule has 3 aromatic rings. The molecule has 2 heterocycles. The predicted octanol–water partition coefficient (Wildman–Crippen LogP) is 3.48. The number of allylic oxidation sites excluding steroid dienone is 1. The number of benzene rings is 1. The lowest BCUT2D eigenvalue weighted by atomic mass is 10.1. The van der Waals surface area contributed by atoms with Crippen LogP contribution >= 0.6 is 0 Å². The van der Waals surface area contributed by atoms with Gasteiger partial charge in [-0.2, -0.15) is 0 Å². The van der Waals surface area contributed by atoms with Crippen LogP contribution in [-0.2, 0) is 7.05 Å². The number of fused-ring (bicyclic) bond motifs is 1. The first-order valence-corrected chi connectivity index (χ1v) is 6.94. The maximum atomic E-state index is 12.1. The minimum Gasteiger partial charge on any atom is -0.497 e. The number of aryl methyl sites for hydroxylation is 1. The normalized spacial score (nSPS) is 11.2. The van der Waals surface area contributed by atoms with Crippen molar-refractivity contribution in [3.8, 4) is 5.75 Å². The van der Waals surface area contributed by atoms with Crippen LogP contribution in [0.25, 0.3) is 17.0 Å². The average molecular weight is 292 g/mol. The summed E-state index contributed by atoms with van der Waals surface area (Å²) in [5, 5.41) is 1.06. The molecule has 0 radical (unpaired) electrons. The van der Waals surface area contributed by atoms with Crippen molar-refractivity contribution in [1.29, 1.82) is 0 Å². The Balaban J connectivity index is 1.96. The summed E-state index contributed by atoms with van der Waals surface area (Å²) in [6.45, 7) is 0. The molecule has 4 heteroatoms. The SMILES string of the molecule is COc1ccc2c(c1)c(C=CC(=O)c1ccncc1)cn2C. The number of hydrogen-bond donors (Lipinski definition) is 0. The zero-order chi connectivity index (χ0) is 15.5. The van der Waals surface area contributed by atoms with Gasteiger partial charge >= 0.3 is 0 Å². The van der Waals surface area contributed by atoms with E-state index in [-0.39, 0.29) is 5.78 Å². The van der Waals surface area contributed by atoms with E-state index in [0.717, 1.165) is 22.2 Å². The molecule has 0 saturated carbocycles. The Morgan fingerprint density at radius 3 is 2.73 bits per heavy atom. The number of pyridine rings is 1. The van der Waals surface area contributed by atoms with Crippen molar-refractivity contribution in [2.24, 2.45) is 7.05 Å². The Hall–Kier alpha value is -2.88. The number of carbonyl (C=O) groups is 1. The maximum absolute atomic E-state index is 12.1. The highest BCUT2D eigenvalue weighted by molar-refractivity contribution is 6.07. The third-order valence-corrected chi connectivity index (χ3v) is 3.61. The van der Waals surface area contributed by atoms with E-state index in [0.29, 0.717) is 5.56 Å². The second-order valence-electron chi connectivity index (χ2n) is 5.01. The van der Waals surface area contributed by atoms with Gasteiger partial charge in [-0.25, -0.2) is 0 Å². The topological polar surface area (TPSA) is 44.1 Å². The van der Waals surface area contributed by atoms with Crippen molar-refractivity contribution in [3.05, 3.63) is 66.1 Å². The van der Waals surface area contributed by atoms with E-state index in [4.69, 9.17) is 4.74 Å². The van der Waals surface area contributed by atoms with Gasteiger partial charge in [-0.15, -0.1) is 0 Å². The van der Waals surface area contributed by atoms with Crippen LogP contribution in [0.5, 0.6) is 5.75 Å². The Kier molecular flexibility index (Phi) is 3.74. The fraction of sp³-hybridized carbons (Fsp3) is 0.111. The summed E-state index contributed by atoms with van der Waals surface area (Å²) >= 11 is 0. The summed E-state index contributed by atoms with van der Waals surface area (Å²) in [6, 6.07) is 9.33. The summed E-state index contributed by atoms with van der Waals surface area (Å²) in [4.78, 5) is 16.1. The number of carbonyl (C=O) groups excluding carboxylic acids is 1. The minimum atomic E-state index is -0.0395. The van der Waals surface area contributed by atoms with Crippen molar-refractivity contribution in [3.63, 3.8) is 0 Å². The molecule has 0 fully saturated rings. The molecule has 4 nitrogen and oxygen atoms in total. The zero-order valence-electron chi connectivity index (χ0n) is 12.5. The number of hydrogen-bond acceptors (Lipinski definition) is 3. The van der Waals surface area contributed by atoms with Crippen LogP contribution in [0, 0.1) is 0 Å². The van der Waals surface area contributed by atoms with E-state index in [1.807, 2.05) is 42.1 Å². The fourth-order valence-electron chi connectivity index (χ4n) is 2.44. The Bertz CT molecular complexity index is 848. The van der Waals surface area contributed by atoms with Gasteiger partial charge in [0.1, 0.15) is 5.75 Å². The third-order valence-electron chi connectivity index (χ3n) is 3.61. The monoisotopic (exact) mass is 292 g/mol. The smallest absolute Gasteiger partial charge is 0.185 e. The van der Waals surface area contributed by atoms with Gasteiger partial charge in [-0.3, -0.25) is 9.78 Å². The molecule has 3 rings (SSSR count). The van der Waals surface area contributed by atoms with E-state index in [2.05, 4.69) is 4.98 Å². The lowest BCUT2D eigenvalue weighted by Gasteiger charge is -2.00. The first-order chi connectivity index (χ1) is 10.7. The van der Waals surface area contributed by atoms with Crippen LogP contribution < -0.4 is 4.74 Å². The highest BCUT2D eigenvalue weighted by Crippen LogP contribution is 2.26. The summed E-state index contributed by atoms with van der Waals surface area (Å²) < 4.78 is 7.31. The van der Waals surface area contributed by atoms with E-state index >= 15 is 0 Å². The zero-order valence-corrected chi connectivity index (χ0v) is 12.5. The van der Waals surface area contributed by atoms with Crippen molar-refractivity contribution < 1.29 is 9.53 Å². The molecule has 110 valence electrons. The number of aromatic nitrogens is 2. The summed E-state index contributed by atoms with van der Waals surface area (Å²) in [5.41, 5.74) is 2.71. The quantitative estimate of drug-likeness (QED) is 0.546. The van der Waals surface area contributed by atoms with Gasteiger partial charge in [0.25, 0.3) is 0 Å². The lowest BCUT2D eigenvalue weighted by Crippen LogP contribution is -1.93. The van der Waals surface area contributed by atoms with Gasteiger partial charge in [-0.05, 0) is 42.5 Å². The highest BCUT2D eigenvalue weighted by Gasteiger charge is 2.07. The number of ether oxygens (including phenoxy) is 1. The average Bonchev–Trinajstić information content (AvgIpc) is 2.89. The van der Waals surface area contributed by atoms with Crippen molar-refractivity contribution in [2.75, 3.05) is 7.11 Å². The summed E-state index contributed by atoms with van der Waals surface area (Å²) in [7, 11) is 3.63. The van der Waals surface area contributed by atoms with E-state index in [9.17, 15) is 4.79 Å². The molecule has 0 aliphatic heterocycles. The standard InChI is InChI=1S/C18H16N2O2/c1-20-12-14(16-11-15(22-2)4-5-17(16)20)3-6-18(21)13-7-9-19-10-8-13/h3-12H,1-2H3. The van der Waals surface area contributed by atoms with Crippen LogP contribution in [0.4, 0.5) is 0 Å². The molecule has 0 aliphatic carbocycles. The molecule has 0 amide bonds. The molecule has 0 saturated heterocycles. The second-order valence-corrected chi connectivity index (χ2v) is 5.01. The van der Waals surface area contributed by atoms with Crippen LogP contribution in [-0.4, -0.2) is 22.4 Å².